The van der Waals surface area contributed by atoms with Gasteiger partial charge in [0, 0.05) is 0 Å². The number of aryl methyl sites for hydroxylation is 1. The van der Waals surface area contributed by atoms with Gasteiger partial charge >= 0.3 is 0 Å². The van der Waals surface area contributed by atoms with E-state index in [1.165, 1.54) is 94.1 Å². The summed E-state index contributed by atoms with van der Waals surface area (Å²) >= 11 is 2.13. The van der Waals surface area contributed by atoms with E-state index < -0.39 is 0 Å². The molecule has 0 aromatic heterocycles. The molecule has 0 radical (unpaired) electrons. The zero-order chi connectivity index (χ0) is 15.7. The lowest BCUT2D eigenvalue weighted by Crippen LogP contribution is -1.86. The first-order valence-electron chi connectivity index (χ1n) is 9.55. The molecule has 1 aromatic rings. The monoisotopic (exact) mass is 337 g/mol. The summed E-state index contributed by atoms with van der Waals surface area (Å²) in [5.74, 6) is 2.74. The number of rotatable bonds is 15. The maximum absolute atomic E-state index is 2.27. The molecule has 1 nitrogen and oxygen atoms in total. The Morgan fingerprint density at radius 1 is 0.652 bits per heavy atom. The van der Waals surface area contributed by atoms with Gasteiger partial charge in [-0.25, -0.2) is 0 Å². The van der Waals surface area contributed by atoms with E-state index >= 15 is 0 Å². The molecule has 0 aliphatic heterocycles. The first-order valence-corrected chi connectivity index (χ1v) is 10.7. The summed E-state index contributed by atoms with van der Waals surface area (Å²) in [7, 11) is 0. The predicted octanol–water partition coefficient (Wildman–Crippen LogP) is 7.44. The van der Waals surface area contributed by atoms with Gasteiger partial charge in [-0.3, -0.25) is 0 Å². The van der Waals surface area contributed by atoms with Gasteiger partial charge in [-0.05, 0) is 42.8 Å². The molecule has 23 heavy (non-hydrogen) atoms. The van der Waals surface area contributed by atoms with Crippen molar-refractivity contribution in [1.29, 1.82) is 0 Å². The molecule has 0 spiro atoms. The first-order chi connectivity index (χ1) is 10.9. The second-order valence-corrected chi connectivity index (χ2v) is 7.61. The van der Waals surface area contributed by atoms with Crippen molar-refractivity contribution in [2.75, 3.05) is 11.5 Å². The third-order valence-corrected chi connectivity index (χ3v) is 5.47. The van der Waals surface area contributed by atoms with E-state index in [4.69, 9.17) is 0 Å². The second kappa shape index (κ2) is 17.9. The minimum absolute atomic E-state index is 0. The zero-order valence-corrected chi connectivity index (χ0v) is 16.2. The average Bonchev–Trinajstić information content (AvgIpc) is 2.56. The number of hydrogen-bond donors (Lipinski definition) is 1. The molecular weight excluding hydrogens is 298 g/mol. The summed E-state index contributed by atoms with van der Waals surface area (Å²) in [4.78, 5) is 0. The zero-order valence-electron chi connectivity index (χ0n) is 15.4. The number of thioether (sulfide) groups is 1. The lowest BCUT2D eigenvalue weighted by atomic mass is 10.0. The molecule has 0 bridgehead atoms. The molecule has 2 heteroatoms. The molecule has 0 saturated carbocycles. The average molecular weight is 338 g/mol. The lowest BCUT2D eigenvalue weighted by Gasteiger charge is -2.03. The molecule has 0 unspecified atom stereocenters. The Morgan fingerprint density at radius 3 is 1.74 bits per heavy atom. The first kappa shape index (κ1) is 22.5. The van der Waals surface area contributed by atoms with Gasteiger partial charge in [-0.1, -0.05) is 88.6 Å². The van der Waals surface area contributed by atoms with Crippen molar-refractivity contribution in [1.82, 2.24) is 6.15 Å². The van der Waals surface area contributed by atoms with E-state index in [-0.39, 0.29) is 6.15 Å². The highest BCUT2D eigenvalue weighted by Crippen LogP contribution is 2.13. The van der Waals surface area contributed by atoms with Gasteiger partial charge in [0.15, 0.2) is 0 Å². The number of hydrogen-bond acceptors (Lipinski definition) is 2. The van der Waals surface area contributed by atoms with Gasteiger partial charge in [0.2, 0.25) is 0 Å². The van der Waals surface area contributed by atoms with Crippen LogP contribution >= 0.6 is 11.8 Å². The highest BCUT2D eigenvalue weighted by Gasteiger charge is 1.95. The van der Waals surface area contributed by atoms with Gasteiger partial charge < -0.3 is 6.15 Å². The Labute approximate surface area is 149 Å². The fourth-order valence-corrected chi connectivity index (χ4v) is 3.74. The van der Waals surface area contributed by atoms with Crippen molar-refractivity contribution in [3.63, 3.8) is 0 Å². The quantitative estimate of drug-likeness (QED) is 0.337. The van der Waals surface area contributed by atoms with E-state index in [1.54, 1.807) is 0 Å². The van der Waals surface area contributed by atoms with Crippen molar-refractivity contribution in [3.05, 3.63) is 35.9 Å². The van der Waals surface area contributed by atoms with Crippen LogP contribution in [-0.2, 0) is 6.42 Å². The fraction of sp³-hybridized carbons (Fsp3) is 0.714. The Kier molecular flexibility index (Phi) is 17.5. The molecule has 1 aromatic carbocycles. The van der Waals surface area contributed by atoms with Gasteiger partial charge in [-0.15, -0.1) is 0 Å². The fourth-order valence-electron chi connectivity index (χ4n) is 2.84. The van der Waals surface area contributed by atoms with E-state index in [9.17, 15) is 0 Å². The summed E-state index contributed by atoms with van der Waals surface area (Å²) in [5, 5.41) is 0. The van der Waals surface area contributed by atoms with E-state index in [2.05, 4.69) is 49.0 Å². The van der Waals surface area contributed by atoms with Crippen molar-refractivity contribution >= 4 is 11.8 Å². The third-order valence-electron chi connectivity index (χ3n) is 4.20. The van der Waals surface area contributed by atoms with Crippen LogP contribution in [0.1, 0.15) is 83.1 Å². The third kappa shape index (κ3) is 14.8. The van der Waals surface area contributed by atoms with E-state index in [0.717, 1.165) is 0 Å². The molecule has 3 N–H and O–H groups in total. The largest absolute Gasteiger partial charge is 0.344 e. The van der Waals surface area contributed by atoms with Crippen LogP contribution < -0.4 is 6.15 Å². The number of unbranched alkanes of at least 4 members (excludes halogenated alkanes) is 9. The summed E-state index contributed by atoms with van der Waals surface area (Å²) in [6, 6.07) is 10.9. The molecule has 134 valence electrons. The van der Waals surface area contributed by atoms with Gasteiger partial charge in [0.05, 0.1) is 0 Å². The number of benzene rings is 1. The molecule has 0 aliphatic carbocycles. The summed E-state index contributed by atoms with van der Waals surface area (Å²) in [6.45, 7) is 2.27. The molecule has 1 rings (SSSR count). The van der Waals surface area contributed by atoms with Crippen molar-refractivity contribution in [2.24, 2.45) is 0 Å². The van der Waals surface area contributed by atoms with Crippen LogP contribution in [0.2, 0.25) is 0 Å². The smallest absolute Gasteiger partial charge is 0.00675 e. The normalized spacial score (nSPS) is 10.5. The van der Waals surface area contributed by atoms with Crippen LogP contribution in [-0.4, -0.2) is 11.5 Å². The van der Waals surface area contributed by atoms with Crippen LogP contribution in [0.3, 0.4) is 0 Å². The maximum atomic E-state index is 2.27. The van der Waals surface area contributed by atoms with Crippen LogP contribution in [0.15, 0.2) is 30.3 Å². The summed E-state index contributed by atoms with van der Waals surface area (Å²) in [6.07, 6.45) is 17.0. The van der Waals surface area contributed by atoms with Gasteiger partial charge in [0.25, 0.3) is 0 Å². The van der Waals surface area contributed by atoms with E-state index in [0.29, 0.717) is 0 Å². The minimum atomic E-state index is 0. The summed E-state index contributed by atoms with van der Waals surface area (Å²) in [5.41, 5.74) is 1.50. The molecule has 0 heterocycles. The Hall–Kier alpha value is -0.470. The highest BCUT2D eigenvalue weighted by molar-refractivity contribution is 7.99. The Balaban J connectivity index is 0.00000484. The highest BCUT2D eigenvalue weighted by atomic mass is 32.2. The molecule has 0 aliphatic rings. The van der Waals surface area contributed by atoms with Gasteiger partial charge in [0.1, 0.15) is 0 Å². The summed E-state index contributed by atoms with van der Waals surface area (Å²) < 4.78 is 0. The van der Waals surface area contributed by atoms with Crippen LogP contribution in [0.5, 0.6) is 0 Å². The second-order valence-electron chi connectivity index (χ2n) is 6.38. The molecule has 0 amide bonds. The topological polar surface area (TPSA) is 35.0 Å². The van der Waals surface area contributed by atoms with Crippen molar-refractivity contribution < 1.29 is 0 Å². The molecule has 0 atom stereocenters. The molecule has 0 fully saturated rings. The predicted molar refractivity (Wildman–Crippen MR) is 109 cm³/mol. The lowest BCUT2D eigenvalue weighted by molar-refractivity contribution is 0.557. The Bertz CT molecular complexity index is 326. The van der Waals surface area contributed by atoms with Crippen LogP contribution in [0.4, 0.5) is 0 Å². The maximum Gasteiger partial charge on any atom is -0.00675 e. The minimum Gasteiger partial charge on any atom is -0.344 e. The van der Waals surface area contributed by atoms with Crippen LogP contribution in [0, 0.1) is 0 Å². The molecular formula is C21H39NS. The Morgan fingerprint density at radius 2 is 1.17 bits per heavy atom. The standard InChI is InChI=1S/C21H36S.H3N/c1-2-19-22-20-15-10-8-6-4-3-5-7-9-12-16-21-17-13-11-14-18-21;/h11,13-14,17-18H,2-10,12,15-16,19-20H2,1H3;1H3. The van der Waals surface area contributed by atoms with E-state index in [1.807, 2.05) is 0 Å². The van der Waals surface area contributed by atoms with Crippen molar-refractivity contribution in [2.45, 2.75) is 84.0 Å². The van der Waals surface area contributed by atoms with Gasteiger partial charge in [-0.2, -0.15) is 11.8 Å². The van der Waals surface area contributed by atoms with Crippen molar-refractivity contribution in [3.8, 4) is 0 Å². The SMILES string of the molecule is CCCSCCCCCCCCCCCCc1ccccc1.N. The van der Waals surface area contributed by atoms with Crippen LogP contribution in [0.25, 0.3) is 0 Å². The molecule has 0 saturated heterocycles.